The predicted molar refractivity (Wildman–Crippen MR) is 82.7 cm³/mol. The van der Waals surface area contributed by atoms with Crippen molar-refractivity contribution < 1.29 is 4.92 Å². The van der Waals surface area contributed by atoms with Crippen molar-refractivity contribution in [1.29, 1.82) is 0 Å². The summed E-state index contributed by atoms with van der Waals surface area (Å²) in [5.74, 6) is 5.42. The molecule has 1 unspecified atom stereocenters. The zero-order chi connectivity index (χ0) is 15.0. The third-order valence-corrected chi connectivity index (χ3v) is 3.77. The van der Waals surface area contributed by atoms with E-state index in [1.54, 1.807) is 6.07 Å². The normalized spacial score (nSPS) is 16.7. The lowest BCUT2D eigenvalue weighted by Gasteiger charge is -2.25. The van der Waals surface area contributed by atoms with Crippen LogP contribution in [0.4, 0.5) is 22.7 Å². The maximum atomic E-state index is 11.1. The van der Waals surface area contributed by atoms with Crippen LogP contribution < -0.4 is 16.2 Å². The van der Waals surface area contributed by atoms with Crippen molar-refractivity contribution in [2.45, 2.75) is 19.4 Å². The van der Waals surface area contributed by atoms with Crippen LogP contribution in [-0.2, 0) is 6.42 Å². The number of hydrazine groups is 1. The van der Waals surface area contributed by atoms with Gasteiger partial charge in [-0.3, -0.25) is 16.0 Å². The molecule has 3 N–H and O–H groups in total. The molecule has 108 valence electrons. The van der Waals surface area contributed by atoms with E-state index in [1.807, 2.05) is 24.3 Å². The molecule has 0 amide bonds. The highest BCUT2D eigenvalue weighted by atomic mass is 16.6. The summed E-state index contributed by atoms with van der Waals surface area (Å²) in [4.78, 5) is 12.8. The van der Waals surface area contributed by atoms with Gasteiger partial charge in [0.25, 0.3) is 5.69 Å². The zero-order valence-corrected chi connectivity index (χ0v) is 11.6. The van der Waals surface area contributed by atoms with E-state index in [9.17, 15) is 10.1 Å². The molecule has 1 aliphatic heterocycles. The second-order valence-electron chi connectivity index (χ2n) is 5.19. The Morgan fingerprint density at radius 2 is 2.10 bits per heavy atom. The summed E-state index contributed by atoms with van der Waals surface area (Å²) in [6, 6.07) is 13.2. The highest BCUT2D eigenvalue weighted by Gasteiger charge is 2.28. The first kappa shape index (κ1) is 13.4. The van der Waals surface area contributed by atoms with Crippen LogP contribution >= 0.6 is 0 Å². The SMILES string of the molecule is CC1Cc2ccccc2N1c1cc(NN)cc([N+](=O)[O-])c1. The first-order chi connectivity index (χ1) is 10.1. The lowest BCUT2D eigenvalue weighted by atomic mass is 10.1. The first-order valence-corrected chi connectivity index (χ1v) is 6.73. The summed E-state index contributed by atoms with van der Waals surface area (Å²) in [6.45, 7) is 2.11. The molecule has 0 spiro atoms. The van der Waals surface area contributed by atoms with Gasteiger partial charge in [-0.15, -0.1) is 0 Å². The minimum absolute atomic E-state index is 0.0250. The van der Waals surface area contributed by atoms with E-state index in [1.165, 1.54) is 11.6 Å². The monoisotopic (exact) mass is 284 g/mol. The smallest absolute Gasteiger partial charge is 0.273 e. The summed E-state index contributed by atoms with van der Waals surface area (Å²) in [5, 5.41) is 11.1. The van der Waals surface area contributed by atoms with Gasteiger partial charge in [0.2, 0.25) is 0 Å². The van der Waals surface area contributed by atoms with Crippen LogP contribution in [0.1, 0.15) is 12.5 Å². The van der Waals surface area contributed by atoms with E-state index in [0.29, 0.717) is 5.69 Å². The Kier molecular flexibility index (Phi) is 3.23. The molecule has 6 nitrogen and oxygen atoms in total. The third kappa shape index (κ3) is 2.30. The summed E-state index contributed by atoms with van der Waals surface area (Å²) < 4.78 is 0. The Bertz CT molecular complexity index is 702. The minimum atomic E-state index is -0.406. The molecule has 21 heavy (non-hydrogen) atoms. The number of rotatable bonds is 3. The molecule has 1 heterocycles. The second kappa shape index (κ2) is 5.06. The maximum Gasteiger partial charge on any atom is 0.273 e. The molecule has 0 radical (unpaired) electrons. The minimum Gasteiger partial charge on any atom is -0.338 e. The highest BCUT2D eigenvalue weighted by Crippen LogP contribution is 2.40. The number of nitrogens with zero attached hydrogens (tertiary/aromatic N) is 2. The Hall–Kier alpha value is -2.60. The standard InChI is InChI=1S/C15H16N4O2/c1-10-6-11-4-2-3-5-15(11)18(10)13-7-12(17-16)8-14(9-13)19(20)21/h2-5,7-10,17H,6,16H2,1H3. The Balaban J connectivity index is 2.12. The fourth-order valence-corrected chi connectivity index (χ4v) is 2.88. The number of fused-ring (bicyclic) bond motifs is 1. The van der Waals surface area contributed by atoms with E-state index in [2.05, 4.69) is 23.3 Å². The maximum absolute atomic E-state index is 11.1. The number of non-ortho nitro benzene ring substituents is 1. The van der Waals surface area contributed by atoms with Gasteiger partial charge in [0.15, 0.2) is 0 Å². The summed E-state index contributed by atoms with van der Waals surface area (Å²) >= 11 is 0. The van der Waals surface area contributed by atoms with Gasteiger partial charge in [-0.1, -0.05) is 18.2 Å². The van der Waals surface area contributed by atoms with Crippen LogP contribution in [0.5, 0.6) is 0 Å². The fourth-order valence-electron chi connectivity index (χ4n) is 2.88. The summed E-state index contributed by atoms with van der Waals surface area (Å²) in [5.41, 5.74) is 6.16. The lowest BCUT2D eigenvalue weighted by Crippen LogP contribution is -2.24. The number of para-hydroxylation sites is 1. The molecule has 2 aromatic carbocycles. The van der Waals surface area contributed by atoms with Crippen molar-refractivity contribution in [2.24, 2.45) is 5.84 Å². The van der Waals surface area contributed by atoms with Gasteiger partial charge in [-0.25, -0.2) is 0 Å². The number of hydrogen-bond donors (Lipinski definition) is 2. The molecule has 6 heteroatoms. The van der Waals surface area contributed by atoms with Gasteiger partial charge in [0, 0.05) is 23.9 Å². The molecule has 1 atom stereocenters. The molecular weight excluding hydrogens is 268 g/mol. The molecule has 0 aliphatic carbocycles. The number of nitrogens with one attached hydrogen (secondary N) is 1. The van der Waals surface area contributed by atoms with Crippen LogP contribution in [-0.4, -0.2) is 11.0 Å². The van der Waals surface area contributed by atoms with Crippen molar-refractivity contribution >= 4 is 22.7 Å². The molecule has 1 aliphatic rings. The number of nitrogen functional groups attached to an aromatic ring is 1. The van der Waals surface area contributed by atoms with Crippen LogP contribution in [0.2, 0.25) is 0 Å². The first-order valence-electron chi connectivity index (χ1n) is 6.73. The average molecular weight is 284 g/mol. The van der Waals surface area contributed by atoms with Gasteiger partial charge in [-0.2, -0.15) is 0 Å². The van der Waals surface area contributed by atoms with Gasteiger partial charge in [0.05, 0.1) is 16.3 Å². The van der Waals surface area contributed by atoms with E-state index in [0.717, 1.165) is 17.8 Å². The van der Waals surface area contributed by atoms with Crippen LogP contribution in [0.25, 0.3) is 0 Å². The number of nitro groups is 1. The quantitative estimate of drug-likeness (QED) is 0.514. The number of nitrogens with two attached hydrogens (primary N) is 1. The van der Waals surface area contributed by atoms with E-state index >= 15 is 0 Å². The van der Waals surface area contributed by atoms with Gasteiger partial charge < -0.3 is 10.3 Å². The largest absolute Gasteiger partial charge is 0.338 e. The van der Waals surface area contributed by atoms with Crippen LogP contribution in [0.15, 0.2) is 42.5 Å². The number of anilines is 3. The molecule has 3 rings (SSSR count). The topological polar surface area (TPSA) is 84.4 Å². The highest BCUT2D eigenvalue weighted by molar-refractivity contribution is 5.75. The van der Waals surface area contributed by atoms with Crippen molar-refractivity contribution in [2.75, 3.05) is 10.3 Å². The number of nitro benzene ring substituents is 1. The Morgan fingerprint density at radius 1 is 1.33 bits per heavy atom. The number of hydrogen-bond acceptors (Lipinski definition) is 5. The molecule has 0 saturated carbocycles. The van der Waals surface area contributed by atoms with Crippen LogP contribution in [0, 0.1) is 10.1 Å². The van der Waals surface area contributed by atoms with Gasteiger partial charge in [-0.05, 0) is 31.0 Å². The van der Waals surface area contributed by atoms with E-state index < -0.39 is 4.92 Å². The molecule has 0 bridgehead atoms. The molecule has 0 saturated heterocycles. The number of benzene rings is 2. The Labute approximate surface area is 122 Å². The van der Waals surface area contributed by atoms with Gasteiger partial charge in [0.1, 0.15) is 0 Å². The van der Waals surface area contributed by atoms with E-state index in [-0.39, 0.29) is 11.7 Å². The Morgan fingerprint density at radius 3 is 2.81 bits per heavy atom. The van der Waals surface area contributed by atoms with Crippen molar-refractivity contribution in [3.05, 3.63) is 58.1 Å². The molecule has 0 aromatic heterocycles. The van der Waals surface area contributed by atoms with Crippen molar-refractivity contribution in [3.63, 3.8) is 0 Å². The zero-order valence-electron chi connectivity index (χ0n) is 11.6. The molecule has 2 aromatic rings. The van der Waals surface area contributed by atoms with Gasteiger partial charge >= 0.3 is 0 Å². The molecular formula is C15H16N4O2. The van der Waals surface area contributed by atoms with Crippen molar-refractivity contribution in [3.8, 4) is 0 Å². The van der Waals surface area contributed by atoms with Crippen molar-refractivity contribution in [1.82, 2.24) is 0 Å². The van der Waals surface area contributed by atoms with E-state index in [4.69, 9.17) is 5.84 Å². The average Bonchev–Trinajstić information content (AvgIpc) is 2.82. The second-order valence-corrected chi connectivity index (χ2v) is 5.19. The molecule has 0 fully saturated rings. The third-order valence-electron chi connectivity index (χ3n) is 3.77. The fraction of sp³-hybridized carbons (Fsp3) is 0.200. The lowest BCUT2D eigenvalue weighted by molar-refractivity contribution is -0.384. The summed E-state index contributed by atoms with van der Waals surface area (Å²) in [6.07, 6.45) is 0.921. The predicted octanol–water partition coefficient (Wildman–Crippen LogP) is 2.96. The van der Waals surface area contributed by atoms with Crippen LogP contribution in [0.3, 0.4) is 0 Å². The summed E-state index contributed by atoms with van der Waals surface area (Å²) in [7, 11) is 0.